The first-order valence-corrected chi connectivity index (χ1v) is 16.9. The normalized spacial score (nSPS) is 30.9. The van der Waals surface area contributed by atoms with Gasteiger partial charge in [0.25, 0.3) is 15.9 Å². The SMILES string of the molecule is CS(=O)(=O)NCC1CSC2=C1S(=O)(=O)N=C(C1=C(O)C3C([C@@H]4CC[C@H]3C4)N(Cc3cc(F)c(F)c(F)c3)C1=O)N2. The minimum Gasteiger partial charge on any atom is -0.511 e. The number of sulfonamides is 2. The van der Waals surface area contributed by atoms with Gasteiger partial charge in [-0.1, -0.05) is 0 Å². The van der Waals surface area contributed by atoms with Gasteiger partial charge >= 0.3 is 0 Å². The molecule has 0 spiro atoms. The largest absolute Gasteiger partial charge is 0.511 e. The predicted octanol–water partition coefficient (Wildman–Crippen LogP) is 2.09. The number of halogens is 3. The Kier molecular flexibility index (Phi) is 6.55. The average Bonchev–Trinajstić information content (AvgIpc) is 3.58. The van der Waals surface area contributed by atoms with Crippen LogP contribution in [0.15, 0.2) is 37.8 Å². The van der Waals surface area contributed by atoms with Gasteiger partial charge in [0, 0.05) is 36.7 Å². The van der Waals surface area contributed by atoms with Crippen LogP contribution in [0.1, 0.15) is 24.8 Å². The molecule has 2 fully saturated rings. The maximum Gasteiger partial charge on any atom is 0.283 e. The Balaban J connectivity index is 1.37. The van der Waals surface area contributed by atoms with Crippen molar-refractivity contribution in [2.45, 2.75) is 31.8 Å². The van der Waals surface area contributed by atoms with Gasteiger partial charge in [-0.15, -0.1) is 16.2 Å². The first-order chi connectivity index (χ1) is 18.7. The fraction of sp³-hybridized carbons (Fsp3) is 0.500. The fourth-order valence-electron chi connectivity index (χ4n) is 6.70. The van der Waals surface area contributed by atoms with Gasteiger partial charge in [-0.2, -0.15) is 8.42 Å². The lowest BCUT2D eigenvalue weighted by Gasteiger charge is -2.44. The monoisotopic (exact) mass is 618 g/mol. The van der Waals surface area contributed by atoms with Crippen LogP contribution in [0, 0.1) is 41.1 Å². The minimum atomic E-state index is -4.35. The van der Waals surface area contributed by atoms with E-state index >= 15 is 0 Å². The zero-order chi connectivity index (χ0) is 28.7. The van der Waals surface area contributed by atoms with E-state index in [1.807, 2.05) is 0 Å². The lowest BCUT2D eigenvalue weighted by molar-refractivity contribution is -0.134. The fourth-order valence-corrected chi connectivity index (χ4v) is 10.3. The van der Waals surface area contributed by atoms with E-state index in [9.17, 15) is 39.9 Å². The highest BCUT2D eigenvalue weighted by Gasteiger charge is 2.57. The maximum absolute atomic E-state index is 14.0. The summed E-state index contributed by atoms with van der Waals surface area (Å²) in [6, 6.07) is 1.14. The van der Waals surface area contributed by atoms with Crippen LogP contribution >= 0.6 is 11.8 Å². The molecular weight excluding hydrogens is 593 g/mol. The number of nitrogens with zero attached hydrogens (tertiary/aromatic N) is 2. The molecule has 0 radical (unpaired) electrons. The number of rotatable bonds is 6. The highest BCUT2D eigenvalue weighted by Crippen LogP contribution is 2.55. The van der Waals surface area contributed by atoms with Crippen LogP contribution in [0.25, 0.3) is 0 Å². The van der Waals surface area contributed by atoms with Gasteiger partial charge in [-0.25, -0.2) is 26.3 Å². The van der Waals surface area contributed by atoms with E-state index < -0.39 is 61.3 Å². The lowest BCUT2D eigenvalue weighted by Crippen LogP contribution is -2.54. The number of carbonyl (C=O) groups is 1. The topological polar surface area (TPSA) is 145 Å². The van der Waals surface area contributed by atoms with Crippen molar-refractivity contribution in [2.24, 2.45) is 28.1 Å². The number of benzene rings is 1. The van der Waals surface area contributed by atoms with Crippen molar-refractivity contribution in [3.05, 3.63) is 56.4 Å². The summed E-state index contributed by atoms with van der Waals surface area (Å²) in [7, 11) is -7.93. The number of hydrogen-bond acceptors (Lipinski definition) is 8. The van der Waals surface area contributed by atoms with Crippen LogP contribution in [0.4, 0.5) is 13.2 Å². The number of aliphatic hydroxyl groups excluding tert-OH is 1. The first-order valence-electron chi connectivity index (χ1n) is 12.6. The third-order valence-corrected chi connectivity index (χ3v) is 11.8. The van der Waals surface area contributed by atoms with Crippen molar-refractivity contribution < 1.29 is 39.9 Å². The second kappa shape index (κ2) is 9.49. The number of carbonyl (C=O) groups excluding carboxylic acids is 1. The van der Waals surface area contributed by atoms with Crippen molar-refractivity contribution in [1.29, 1.82) is 0 Å². The molecule has 6 rings (SSSR count). The molecular formula is C24H25F3N4O6S3. The minimum absolute atomic E-state index is 0.00994. The van der Waals surface area contributed by atoms with Gasteiger partial charge in [-0.05, 0) is 48.8 Å². The number of aliphatic hydroxyl groups is 1. The van der Waals surface area contributed by atoms with Crippen molar-refractivity contribution in [3.63, 3.8) is 0 Å². The van der Waals surface area contributed by atoms with Crippen molar-refractivity contribution in [1.82, 2.24) is 14.9 Å². The predicted molar refractivity (Wildman–Crippen MR) is 140 cm³/mol. The van der Waals surface area contributed by atoms with E-state index in [1.54, 1.807) is 0 Å². The molecule has 40 heavy (non-hydrogen) atoms. The Hall–Kier alpha value is -2.56. The lowest BCUT2D eigenvalue weighted by atomic mass is 9.77. The molecule has 5 atom stereocenters. The molecule has 16 heteroatoms. The molecule has 1 amide bonds. The Bertz CT molecular complexity index is 1620. The molecule has 216 valence electrons. The number of fused-ring (bicyclic) bond motifs is 5. The standard InChI is InChI=1S/C24H25F3N4O6S3/c1-39(34,35)28-7-13-9-38-23-21(13)40(36,37)30-22(29-23)17-20(32)16-11-2-3-12(6-11)19(16)31(24(17)33)8-10-4-14(25)18(27)15(26)5-10/h4-5,11-13,16,19,28,32H,2-3,6-9H2,1H3,(H,29,30)/t11-,12+,13?,16?,19?/m0/s1. The third kappa shape index (κ3) is 4.52. The molecule has 3 heterocycles. The summed E-state index contributed by atoms with van der Waals surface area (Å²) in [6.07, 6.45) is 3.28. The summed E-state index contributed by atoms with van der Waals surface area (Å²) in [4.78, 5) is 15.2. The van der Waals surface area contributed by atoms with Crippen molar-refractivity contribution in [2.75, 3.05) is 18.6 Å². The van der Waals surface area contributed by atoms with Gasteiger partial charge < -0.3 is 15.3 Å². The molecule has 5 aliphatic rings. The van der Waals surface area contributed by atoms with E-state index in [0.717, 1.165) is 49.4 Å². The summed E-state index contributed by atoms with van der Waals surface area (Å²) in [5, 5.41) is 14.4. The Labute approximate surface area is 232 Å². The molecule has 2 bridgehead atoms. The molecule has 2 saturated carbocycles. The number of amides is 1. The van der Waals surface area contributed by atoms with Gasteiger partial charge in [-0.3, -0.25) is 4.79 Å². The molecule has 1 aromatic carbocycles. The number of amidine groups is 1. The van der Waals surface area contributed by atoms with Crippen molar-refractivity contribution >= 4 is 43.6 Å². The first kappa shape index (κ1) is 27.6. The smallest absolute Gasteiger partial charge is 0.283 e. The molecule has 3 unspecified atom stereocenters. The zero-order valence-electron chi connectivity index (χ0n) is 21.0. The van der Waals surface area contributed by atoms with Gasteiger partial charge in [0.2, 0.25) is 10.0 Å². The molecule has 1 aromatic rings. The van der Waals surface area contributed by atoms with Crippen LogP contribution in [-0.4, -0.2) is 63.2 Å². The van der Waals surface area contributed by atoms with Crippen LogP contribution in [0.2, 0.25) is 0 Å². The van der Waals surface area contributed by atoms with Crippen LogP contribution in [-0.2, 0) is 31.4 Å². The third-order valence-electron chi connectivity index (χ3n) is 8.25. The summed E-state index contributed by atoms with van der Waals surface area (Å²) in [5.41, 5.74) is -0.332. The highest BCUT2D eigenvalue weighted by molar-refractivity contribution is 8.05. The number of nitrogens with one attached hydrogen (secondary N) is 2. The quantitative estimate of drug-likeness (QED) is 0.411. The van der Waals surface area contributed by atoms with Crippen LogP contribution in [0.3, 0.4) is 0 Å². The van der Waals surface area contributed by atoms with E-state index in [0.29, 0.717) is 0 Å². The highest BCUT2D eigenvalue weighted by atomic mass is 32.2. The summed E-state index contributed by atoms with van der Waals surface area (Å²) in [5.74, 6) is -6.76. The second-order valence-corrected chi connectivity index (χ2v) is 15.2. The van der Waals surface area contributed by atoms with E-state index in [4.69, 9.17) is 0 Å². The van der Waals surface area contributed by atoms with Gasteiger partial charge in [0.15, 0.2) is 23.3 Å². The number of thioether (sulfide) groups is 1. The average molecular weight is 619 g/mol. The molecule has 3 N–H and O–H groups in total. The summed E-state index contributed by atoms with van der Waals surface area (Å²) >= 11 is 1.12. The van der Waals surface area contributed by atoms with E-state index in [-0.39, 0.29) is 63.3 Å². The van der Waals surface area contributed by atoms with Gasteiger partial charge in [0.1, 0.15) is 16.2 Å². The van der Waals surface area contributed by atoms with Gasteiger partial charge in [0.05, 0.1) is 11.3 Å². The second-order valence-electron chi connectivity index (χ2n) is 10.8. The van der Waals surface area contributed by atoms with Crippen LogP contribution in [0.5, 0.6) is 0 Å². The maximum atomic E-state index is 14.0. The van der Waals surface area contributed by atoms with E-state index in [1.165, 1.54) is 4.90 Å². The summed E-state index contributed by atoms with van der Waals surface area (Å²) < 4.78 is 97.3. The Morgan fingerprint density at radius 3 is 2.55 bits per heavy atom. The Morgan fingerprint density at radius 2 is 1.88 bits per heavy atom. The van der Waals surface area contributed by atoms with E-state index in [2.05, 4.69) is 14.4 Å². The number of hydrogen-bond donors (Lipinski definition) is 3. The Morgan fingerprint density at radius 1 is 1.20 bits per heavy atom. The van der Waals surface area contributed by atoms with Crippen LogP contribution < -0.4 is 10.0 Å². The summed E-state index contributed by atoms with van der Waals surface area (Å²) in [6.45, 7) is -0.440. The van der Waals surface area contributed by atoms with Crippen molar-refractivity contribution in [3.8, 4) is 0 Å². The zero-order valence-corrected chi connectivity index (χ0v) is 23.5. The molecule has 0 aromatic heterocycles. The molecule has 2 aliphatic carbocycles. The molecule has 0 saturated heterocycles. The molecule has 3 aliphatic heterocycles. The molecule has 10 nitrogen and oxygen atoms in total.